The molecule has 0 aliphatic carbocycles. The molecular weight excluding hydrogens is 508 g/mol. The second-order valence-electron chi connectivity index (χ2n) is 7.18. The summed E-state index contributed by atoms with van der Waals surface area (Å²) in [6.45, 7) is 8.14. The Hall–Kier alpha value is -3.31. The Morgan fingerprint density at radius 3 is 2.45 bits per heavy atom. The van der Waals surface area contributed by atoms with Crippen LogP contribution in [0.5, 0.6) is 0 Å². The number of nitro groups is 1. The summed E-state index contributed by atoms with van der Waals surface area (Å²) in [5, 5.41) is 24.0. The second-order valence-corrected chi connectivity index (χ2v) is 9.04. The summed E-state index contributed by atoms with van der Waals surface area (Å²) in [4.78, 5) is 22.6. The second kappa shape index (κ2) is 11.0. The standard InChI is InChI=1S/C22H21BrN6O3S/c1-14(2)12-28-21(17-4-8-18(23)9-5-17)26-27-22(28)33-13-20(30)25-24-15(3)16-6-10-19(11-7-16)29(31)32/h4-11H,1,12-13H2,2-3H3,(H,25,30)/b24-15-. The largest absolute Gasteiger partial charge is 0.298 e. The fraction of sp³-hybridized carbons (Fsp3) is 0.182. The zero-order valence-electron chi connectivity index (χ0n) is 18.0. The fourth-order valence-corrected chi connectivity index (χ4v) is 3.81. The van der Waals surface area contributed by atoms with Crippen LogP contribution >= 0.6 is 27.7 Å². The number of nitro benzene ring substituents is 1. The predicted octanol–water partition coefficient (Wildman–Crippen LogP) is 4.82. The van der Waals surface area contributed by atoms with Gasteiger partial charge >= 0.3 is 0 Å². The summed E-state index contributed by atoms with van der Waals surface area (Å²) in [7, 11) is 0. The van der Waals surface area contributed by atoms with E-state index in [1.165, 1.54) is 23.9 Å². The normalized spacial score (nSPS) is 11.3. The van der Waals surface area contributed by atoms with Crippen molar-refractivity contribution in [3.63, 3.8) is 0 Å². The molecule has 0 aliphatic heterocycles. The van der Waals surface area contributed by atoms with E-state index in [-0.39, 0.29) is 17.3 Å². The third-order valence-corrected chi connectivity index (χ3v) is 5.92. The summed E-state index contributed by atoms with van der Waals surface area (Å²) in [6.07, 6.45) is 0. The van der Waals surface area contributed by atoms with Gasteiger partial charge in [-0.15, -0.1) is 10.2 Å². The Morgan fingerprint density at radius 2 is 1.85 bits per heavy atom. The monoisotopic (exact) mass is 528 g/mol. The highest BCUT2D eigenvalue weighted by Gasteiger charge is 2.16. The van der Waals surface area contributed by atoms with Crippen molar-refractivity contribution in [2.45, 2.75) is 25.5 Å². The van der Waals surface area contributed by atoms with Crippen molar-refractivity contribution in [2.75, 3.05) is 5.75 Å². The molecule has 9 nitrogen and oxygen atoms in total. The molecule has 0 saturated heterocycles. The van der Waals surface area contributed by atoms with Crippen LogP contribution in [0.3, 0.4) is 0 Å². The molecule has 33 heavy (non-hydrogen) atoms. The first-order chi connectivity index (χ1) is 15.7. The lowest BCUT2D eigenvalue weighted by molar-refractivity contribution is -0.384. The van der Waals surface area contributed by atoms with Gasteiger partial charge in [0.1, 0.15) is 0 Å². The van der Waals surface area contributed by atoms with Gasteiger partial charge < -0.3 is 0 Å². The van der Waals surface area contributed by atoms with E-state index in [0.29, 0.717) is 28.8 Å². The average Bonchev–Trinajstić information content (AvgIpc) is 3.18. The predicted molar refractivity (Wildman–Crippen MR) is 132 cm³/mol. The molecule has 1 aromatic heterocycles. The van der Waals surface area contributed by atoms with E-state index in [9.17, 15) is 14.9 Å². The molecule has 0 atom stereocenters. The van der Waals surface area contributed by atoms with Crippen LogP contribution in [0, 0.1) is 10.1 Å². The van der Waals surface area contributed by atoms with E-state index in [0.717, 1.165) is 15.6 Å². The van der Waals surface area contributed by atoms with Gasteiger partial charge in [-0.05, 0) is 43.7 Å². The first-order valence-corrected chi connectivity index (χ1v) is 11.6. The van der Waals surface area contributed by atoms with Crippen molar-refractivity contribution in [2.24, 2.45) is 5.10 Å². The van der Waals surface area contributed by atoms with Crippen molar-refractivity contribution in [1.29, 1.82) is 0 Å². The van der Waals surface area contributed by atoms with Gasteiger partial charge in [0.25, 0.3) is 11.6 Å². The molecule has 0 aliphatic rings. The summed E-state index contributed by atoms with van der Waals surface area (Å²) < 4.78 is 2.89. The highest BCUT2D eigenvalue weighted by atomic mass is 79.9. The van der Waals surface area contributed by atoms with Crippen molar-refractivity contribution in [3.05, 3.63) is 80.8 Å². The van der Waals surface area contributed by atoms with Crippen LogP contribution in [0.2, 0.25) is 0 Å². The third-order valence-electron chi connectivity index (χ3n) is 4.42. The first kappa shape index (κ1) is 24.3. The molecule has 1 heterocycles. The van der Waals surface area contributed by atoms with Crippen LogP contribution in [0.15, 0.2) is 75.4 Å². The number of amides is 1. The smallest absolute Gasteiger partial charge is 0.269 e. The van der Waals surface area contributed by atoms with E-state index in [2.05, 4.69) is 43.2 Å². The van der Waals surface area contributed by atoms with Crippen LogP contribution in [0.4, 0.5) is 5.69 Å². The van der Waals surface area contributed by atoms with E-state index in [1.807, 2.05) is 35.8 Å². The number of aromatic nitrogens is 3. The lowest BCUT2D eigenvalue weighted by atomic mass is 10.1. The Bertz CT molecular complexity index is 1210. The topological polar surface area (TPSA) is 115 Å². The Kier molecular flexibility index (Phi) is 8.12. The fourth-order valence-electron chi connectivity index (χ4n) is 2.82. The number of halogens is 1. The molecule has 2 aromatic carbocycles. The van der Waals surface area contributed by atoms with Crippen LogP contribution < -0.4 is 5.43 Å². The molecule has 3 rings (SSSR count). The van der Waals surface area contributed by atoms with Crippen LogP contribution in [-0.4, -0.2) is 37.1 Å². The maximum Gasteiger partial charge on any atom is 0.269 e. The summed E-state index contributed by atoms with van der Waals surface area (Å²) >= 11 is 4.68. The summed E-state index contributed by atoms with van der Waals surface area (Å²) in [6, 6.07) is 13.7. The molecule has 1 N–H and O–H groups in total. The molecule has 0 saturated carbocycles. The maximum atomic E-state index is 12.3. The van der Waals surface area contributed by atoms with Gasteiger partial charge in [-0.25, -0.2) is 5.43 Å². The first-order valence-electron chi connectivity index (χ1n) is 9.79. The summed E-state index contributed by atoms with van der Waals surface area (Å²) in [5.41, 5.74) is 5.55. The SMILES string of the molecule is C=C(C)Cn1c(SCC(=O)N/N=C(/C)c2ccc([N+](=O)[O-])cc2)nnc1-c1ccc(Br)cc1. The molecule has 0 spiro atoms. The van der Waals surface area contributed by atoms with Gasteiger partial charge in [0, 0.05) is 28.7 Å². The van der Waals surface area contributed by atoms with Crippen molar-refractivity contribution < 1.29 is 9.72 Å². The highest BCUT2D eigenvalue weighted by molar-refractivity contribution is 9.10. The number of nitrogens with zero attached hydrogens (tertiary/aromatic N) is 5. The van der Waals surface area contributed by atoms with Gasteiger partial charge in [-0.3, -0.25) is 19.5 Å². The van der Waals surface area contributed by atoms with Crippen molar-refractivity contribution >= 4 is 45.0 Å². The Balaban J connectivity index is 1.66. The molecule has 0 bridgehead atoms. The quantitative estimate of drug-likeness (QED) is 0.140. The lowest BCUT2D eigenvalue weighted by Crippen LogP contribution is -2.21. The van der Waals surface area contributed by atoms with Gasteiger partial charge in [0.2, 0.25) is 0 Å². The van der Waals surface area contributed by atoms with Crippen LogP contribution in [-0.2, 0) is 11.3 Å². The number of hydrazone groups is 1. The molecule has 1 amide bonds. The number of nitrogens with one attached hydrogen (secondary N) is 1. The molecule has 170 valence electrons. The van der Waals surface area contributed by atoms with E-state index < -0.39 is 4.92 Å². The third kappa shape index (κ3) is 6.59. The minimum atomic E-state index is -0.468. The number of hydrogen-bond donors (Lipinski definition) is 1. The number of thioether (sulfide) groups is 1. The van der Waals surface area contributed by atoms with Gasteiger partial charge in [0.05, 0.1) is 16.4 Å². The van der Waals surface area contributed by atoms with E-state index in [4.69, 9.17) is 0 Å². The lowest BCUT2D eigenvalue weighted by Gasteiger charge is -2.10. The molecule has 0 unspecified atom stereocenters. The average molecular weight is 529 g/mol. The molecule has 0 radical (unpaired) electrons. The molecule has 11 heteroatoms. The number of non-ortho nitro benzene ring substituents is 1. The van der Waals surface area contributed by atoms with Gasteiger partial charge in [-0.1, -0.05) is 52.0 Å². The summed E-state index contributed by atoms with van der Waals surface area (Å²) in [5.74, 6) is 0.475. The molecular formula is C22H21BrN6O3S. The zero-order chi connectivity index (χ0) is 24.0. The van der Waals surface area contributed by atoms with Crippen molar-refractivity contribution in [3.8, 4) is 11.4 Å². The Morgan fingerprint density at radius 1 is 1.18 bits per heavy atom. The molecule has 0 fully saturated rings. The molecule has 3 aromatic rings. The van der Waals surface area contributed by atoms with Gasteiger partial charge in [-0.2, -0.15) is 5.10 Å². The number of carbonyl (C=O) groups excluding carboxylic acids is 1. The number of benzene rings is 2. The van der Waals surface area contributed by atoms with E-state index >= 15 is 0 Å². The maximum absolute atomic E-state index is 12.3. The number of allylic oxidation sites excluding steroid dienone is 1. The number of rotatable bonds is 9. The van der Waals surface area contributed by atoms with E-state index in [1.54, 1.807) is 19.1 Å². The Labute approximate surface area is 203 Å². The minimum Gasteiger partial charge on any atom is -0.298 e. The number of hydrogen-bond acceptors (Lipinski definition) is 7. The zero-order valence-corrected chi connectivity index (χ0v) is 20.4. The number of carbonyl (C=O) groups is 1. The van der Waals surface area contributed by atoms with Gasteiger partial charge in [0.15, 0.2) is 11.0 Å². The minimum absolute atomic E-state index is 0.00614. The highest BCUT2D eigenvalue weighted by Crippen LogP contribution is 2.26. The van der Waals surface area contributed by atoms with Crippen LogP contribution in [0.1, 0.15) is 19.4 Å². The van der Waals surface area contributed by atoms with Crippen molar-refractivity contribution in [1.82, 2.24) is 20.2 Å². The van der Waals surface area contributed by atoms with Crippen LogP contribution in [0.25, 0.3) is 11.4 Å².